The third-order valence-electron chi connectivity index (χ3n) is 2.41. The van der Waals surface area contributed by atoms with Crippen LogP contribution in [-0.2, 0) is 9.47 Å². The minimum atomic E-state index is -0.684. The van der Waals surface area contributed by atoms with Crippen molar-refractivity contribution in [3.05, 3.63) is 0 Å². The topological polar surface area (TPSA) is 38.7 Å². The third kappa shape index (κ3) is 1.92. The van der Waals surface area contributed by atoms with Crippen LogP contribution in [0.15, 0.2) is 0 Å². The van der Waals surface area contributed by atoms with Gasteiger partial charge in [0, 0.05) is 13.5 Å². The molecule has 0 radical (unpaired) electrons. The summed E-state index contributed by atoms with van der Waals surface area (Å²) in [6.07, 6.45) is -0.100. The van der Waals surface area contributed by atoms with Crippen LogP contribution in [0.25, 0.3) is 0 Å². The summed E-state index contributed by atoms with van der Waals surface area (Å²) in [5, 5.41) is 9.36. The normalized spacial score (nSPS) is 49.2. The van der Waals surface area contributed by atoms with Gasteiger partial charge in [-0.2, -0.15) is 0 Å². The Kier molecular flexibility index (Phi) is 3.36. The highest BCUT2D eigenvalue weighted by Crippen LogP contribution is 2.35. The molecule has 1 unspecified atom stereocenters. The van der Waals surface area contributed by atoms with Gasteiger partial charge in [0.1, 0.15) is 0 Å². The van der Waals surface area contributed by atoms with Crippen molar-refractivity contribution < 1.29 is 14.6 Å². The zero-order chi connectivity index (χ0) is 9.35. The molecular formula is C8H15IO3. The van der Waals surface area contributed by atoms with E-state index in [2.05, 4.69) is 22.6 Å². The fraction of sp³-hybridized carbons (Fsp3) is 1.00. The molecule has 1 saturated heterocycles. The number of ether oxygens (including phenoxy) is 2. The summed E-state index contributed by atoms with van der Waals surface area (Å²) >= 11 is 2.31. The molecule has 12 heavy (non-hydrogen) atoms. The predicted molar refractivity (Wildman–Crippen MR) is 54.4 cm³/mol. The molecular weight excluding hydrogens is 271 g/mol. The van der Waals surface area contributed by atoms with Gasteiger partial charge in [-0.15, -0.1) is 0 Å². The van der Waals surface area contributed by atoms with Crippen molar-refractivity contribution in [2.45, 2.75) is 42.2 Å². The van der Waals surface area contributed by atoms with Crippen molar-refractivity contribution in [1.82, 2.24) is 0 Å². The maximum atomic E-state index is 9.36. The first-order valence-corrected chi connectivity index (χ1v) is 5.27. The lowest BCUT2D eigenvalue weighted by molar-refractivity contribution is -0.208. The van der Waals surface area contributed by atoms with Crippen LogP contribution in [0.5, 0.6) is 0 Å². The van der Waals surface area contributed by atoms with Gasteiger partial charge in [0.2, 0.25) is 0 Å². The van der Waals surface area contributed by atoms with Gasteiger partial charge in [0.25, 0.3) is 0 Å². The molecule has 0 aromatic rings. The van der Waals surface area contributed by atoms with Crippen molar-refractivity contribution in [1.29, 1.82) is 0 Å². The number of hydrogen-bond acceptors (Lipinski definition) is 3. The molecule has 0 aliphatic carbocycles. The molecule has 3 nitrogen and oxygen atoms in total. The van der Waals surface area contributed by atoms with Crippen LogP contribution in [0.4, 0.5) is 0 Å². The van der Waals surface area contributed by atoms with E-state index in [1.54, 1.807) is 7.11 Å². The highest BCUT2D eigenvalue weighted by Gasteiger charge is 2.43. The van der Waals surface area contributed by atoms with Crippen LogP contribution in [-0.4, -0.2) is 34.1 Å². The third-order valence-corrected chi connectivity index (χ3v) is 4.74. The Bertz CT molecular complexity index is 164. The first kappa shape index (κ1) is 10.7. The van der Waals surface area contributed by atoms with E-state index in [-0.39, 0.29) is 15.6 Å². The minimum Gasteiger partial charge on any atom is -0.377 e. The maximum Gasteiger partial charge on any atom is 0.157 e. The summed E-state index contributed by atoms with van der Waals surface area (Å²) in [6, 6.07) is 0. The van der Waals surface area contributed by atoms with E-state index in [4.69, 9.17) is 9.47 Å². The summed E-state index contributed by atoms with van der Waals surface area (Å²) in [5.41, 5.74) is -0.266. The lowest BCUT2D eigenvalue weighted by Crippen LogP contribution is -2.52. The van der Waals surface area contributed by atoms with Gasteiger partial charge in [-0.1, -0.05) is 22.6 Å². The van der Waals surface area contributed by atoms with Crippen LogP contribution in [0, 0.1) is 0 Å². The molecule has 1 N–H and O–H groups in total. The van der Waals surface area contributed by atoms with E-state index in [0.29, 0.717) is 6.42 Å². The number of halogens is 1. The molecule has 0 aromatic carbocycles. The first-order chi connectivity index (χ1) is 5.49. The molecule has 0 bridgehead atoms. The zero-order valence-electron chi connectivity index (χ0n) is 7.58. The molecule has 72 valence electrons. The minimum absolute atomic E-state index is 0.0410. The van der Waals surface area contributed by atoms with Gasteiger partial charge in [-0.05, 0) is 13.8 Å². The number of aliphatic hydroxyl groups is 1. The molecule has 1 rings (SSSR count). The highest BCUT2D eigenvalue weighted by molar-refractivity contribution is 14.1. The van der Waals surface area contributed by atoms with Crippen molar-refractivity contribution >= 4 is 22.6 Å². The van der Waals surface area contributed by atoms with Crippen LogP contribution in [0.3, 0.4) is 0 Å². The van der Waals surface area contributed by atoms with Crippen molar-refractivity contribution in [2.75, 3.05) is 7.11 Å². The molecule has 1 heterocycles. The van der Waals surface area contributed by atoms with E-state index < -0.39 is 6.29 Å². The summed E-state index contributed by atoms with van der Waals surface area (Å²) in [7, 11) is 1.68. The highest BCUT2D eigenvalue weighted by atomic mass is 127. The summed E-state index contributed by atoms with van der Waals surface area (Å²) in [4.78, 5) is 0. The van der Waals surface area contributed by atoms with Gasteiger partial charge in [-0.25, -0.2) is 0 Å². The van der Waals surface area contributed by atoms with Crippen LogP contribution >= 0.6 is 22.6 Å². The summed E-state index contributed by atoms with van der Waals surface area (Å²) in [6.45, 7) is 3.96. The van der Waals surface area contributed by atoms with E-state index >= 15 is 0 Å². The number of aliphatic hydroxyl groups excluding tert-OH is 1. The number of hydrogen-bond donors (Lipinski definition) is 1. The Labute approximate surface area is 86.6 Å². The lowest BCUT2D eigenvalue weighted by Gasteiger charge is -2.42. The molecule has 0 saturated carbocycles. The van der Waals surface area contributed by atoms with Crippen LogP contribution < -0.4 is 0 Å². The van der Waals surface area contributed by atoms with Gasteiger partial charge >= 0.3 is 0 Å². The van der Waals surface area contributed by atoms with E-state index in [1.165, 1.54) is 0 Å². The van der Waals surface area contributed by atoms with Crippen molar-refractivity contribution in [2.24, 2.45) is 0 Å². The Hall–Kier alpha value is 0.610. The summed E-state index contributed by atoms with van der Waals surface area (Å²) < 4.78 is 10.9. The van der Waals surface area contributed by atoms with Crippen LogP contribution in [0.1, 0.15) is 20.3 Å². The van der Waals surface area contributed by atoms with Crippen molar-refractivity contribution in [3.8, 4) is 0 Å². The second-order valence-electron chi connectivity index (χ2n) is 3.42. The number of methoxy groups -OCH3 is 1. The second-order valence-corrected chi connectivity index (χ2v) is 4.76. The van der Waals surface area contributed by atoms with Gasteiger partial charge in [-0.3, -0.25) is 0 Å². The Morgan fingerprint density at radius 3 is 2.75 bits per heavy atom. The Balaban J connectivity index is 2.72. The number of rotatable bonds is 1. The molecule has 4 atom stereocenters. The van der Waals surface area contributed by atoms with Gasteiger partial charge in [0.05, 0.1) is 15.6 Å². The molecule has 1 aliphatic heterocycles. The quantitative estimate of drug-likeness (QED) is 0.583. The zero-order valence-corrected chi connectivity index (χ0v) is 9.74. The fourth-order valence-corrected chi connectivity index (χ4v) is 2.19. The predicted octanol–water partition coefficient (Wildman–Crippen LogP) is 1.32. The average molecular weight is 286 g/mol. The molecule has 0 amide bonds. The van der Waals surface area contributed by atoms with E-state index in [0.717, 1.165) is 0 Å². The number of alkyl halides is 1. The average Bonchev–Trinajstić information content (AvgIpc) is 2.00. The van der Waals surface area contributed by atoms with Gasteiger partial charge in [0.15, 0.2) is 6.29 Å². The smallest absolute Gasteiger partial charge is 0.157 e. The molecule has 0 aromatic heterocycles. The monoisotopic (exact) mass is 286 g/mol. The molecule has 0 spiro atoms. The standard InChI is InChI=1S/C8H15IO3/c1-5-7(9)8(2,11-3)4-6(10)12-5/h5-7,10H,4H2,1-3H3/t5-,6+,7?,8+/m0/s1. The summed E-state index contributed by atoms with van der Waals surface area (Å²) in [5.74, 6) is 0. The second kappa shape index (κ2) is 3.77. The lowest BCUT2D eigenvalue weighted by atomic mass is 9.92. The Morgan fingerprint density at radius 2 is 2.25 bits per heavy atom. The maximum absolute atomic E-state index is 9.36. The van der Waals surface area contributed by atoms with E-state index in [9.17, 15) is 5.11 Å². The first-order valence-electron chi connectivity index (χ1n) is 4.02. The molecule has 1 aliphatic rings. The molecule has 1 fully saturated rings. The molecule has 4 heteroatoms. The van der Waals surface area contributed by atoms with Crippen molar-refractivity contribution in [3.63, 3.8) is 0 Å². The Morgan fingerprint density at radius 1 is 1.67 bits per heavy atom. The fourth-order valence-electron chi connectivity index (χ4n) is 1.52. The van der Waals surface area contributed by atoms with E-state index in [1.807, 2.05) is 13.8 Å². The van der Waals surface area contributed by atoms with Gasteiger partial charge < -0.3 is 14.6 Å². The van der Waals surface area contributed by atoms with Crippen LogP contribution in [0.2, 0.25) is 0 Å². The largest absolute Gasteiger partial charge is 0.377 e. The SMILES string of the molecule is CO[C@]1(C)C[C@H](O)O[C@@H](C)C1I.